The number of methoxy groups -OCH3 is 1. The lowest BCUT2D eigenvalue weighted by Crippen LogP contribution is -2.29. The van der Waals surface area contributed by atoms with Gasteiger partial charge in [-0.1, -0.05) is 25.1 Å². The summed E-state index contributed by atoms with van der Waals surface area (Å²) >= 11 is 3.43. The van der Waals surface area contributed by atoms with Crippen molar-refractivity contribution >= 4 is 44.8 Å². The zero-order valence-electron chi connectivity index (χ0n) is 21.2. The normalized spacial score (nSPS) is 16.7. The summed E-state index contributed by atoms with van der Waals surface area (Å²) in [6.07, 6.45) is 0.838. The quantitative estimate of drug-likeness (QED) is 0.207. The predicted molar refractivity (Wildman–Crippen MR) is 148 cm³/mol. The van der Waals surface area contributed by atoms with Gasteiger partial charge in [-0.2, -0.15) is 0 Å². The summed E-state index contributed by atoms with van der Waals surface area (Å²) in [5.41, 5.74) is 2.57. The minimum Gasteiger partial charge on any atom is -0.507 e. The van der Waals surface area contributed by atoms with Crippen molar-refractivity contribution in [3.05, 3.63) is 87.9 Å². The summed E-state index contributed by atoms with van der Waals surface area (Å²) in [6, 6.07) is 18.8. The van der Waals surface area contributed by atoms with Crippen molar-refractivity contribution in [2.24, 2.45) is 0 Å². The molecule has 0 bridgehead atoms. The second kappa shape index (κ2) is 11.1. The molecule has 3 aromatic carbocycles. The first-order chi connectivity index (χ1) is 17.8. The maximum atomic E-state index is 13.5. The SMILES string of the molecule is CCCOc1cccc(N2C(=O)C(=O)/C(=C(/O)c3ccc(OC)c(Br)c3)C2c2ccc(N(C)C)cc2)c1. The Hall–Kier alpha value is -3.78. The number of Topliss-reactive ketones (excluding diaryl/α,β-unsaturated/α-hetero) is 1. The number of aliphatic hydroxyl groups is 1. The fourth-order valence-electron chi connectivity index (χ4n) is 4.28. The van der Waals surface area contributed by atoms with E-state index in [1.165, 1.54) is 4.90 Å². The molecule has 192 valence electrons. The van der Waals surface area contributed by atoms with E-state index in [2.05, 4.69) is 15.9 Å². The molecule has 8 heteroatoms. The Morgan fingerprint density at radius 2 is 1.78 bits per heavy atom. The minimum atomic E-state index is -0.835. The Morgan fingerprint density at radius 1 is 1.05 bits per heavy atom. The molecular formula is C29H29BrN2O5. The van der Waals surface area contributed by atoms with Crippen LogP contribution in [-0.2, 0) is 9.59 Å². The van der Waals surface area contributed by atoms with Crippen molar-refractivity contribution in [2.45, 2.75) is 19.4 Å². The van der Waals surface area contributed by atoms with Crippen LogP contribution in [0.3, 0.4) is 0 Å². The first-order valence-electron chi connectivity index (χ1n) is 11.9. The van der Waals surface area contributed by atoms with Gasteiger partial charge >= 0.3 is 0 Å². The van der Waals surface area contributed by atoms with E-state index in [0.717, 1.165) is 12.1 Å². The Kier molecular flexibility index (Phi) is 7.88. The van der Waals surface area contributed by atoms with Crippen molar-refractivity contribution in [1.29, 1.82) is 0 Å². The summed E-state index contributed by atoms with van der Waals surface area (Å²) in [5, 5.41) is 11.4. The van der Waals surface area contributed by atoms with Crippen LogP contribution >= 0.6 is 15.9 Å². The summed E-state index contributed by atoms with van der Waals surface area (Å²) in [5.74, 6) is -0.558. The smallest absolute Gasteiger partial charge is 0.300 e. The Morgan fingerprint density at radius 3 is 2.41 bits per heavy atom. The topological polar surface area (TPSA) is 79.3 Å². The third-order valence-electron chi connectivity index (χ3n) is 6.16. The third kappa shape index (κ3) is 5.20. The molecule has 0 saturated carbocycles. The van der Waals surface area contributed by atoms with Gasteiger partial charge in [0.2, 0.25) is 0 Å². The van der Waals surface area contributed by atoms with Crippen LogP contribution in [0.15, 0.2) is 76.8 Å². The molecule has 0 aliphatic carbocycles. The standard InChI is InChI=1S/C29H29BrN2O5/c1-5-15-37-22-8-6-7-21(17-22)32-26(18-9-12-20(13-10-18)31(2)3)25(28(34)29(32)35)27(33)19-11-14-24(36-4)23(30)16-19/h6-14,16-17,26,33H,5,15H2,1-4H3/b27-25+. The molecule has 0 spiro atoms. The molecule has 1 unspecified atom stereocenters. The molecular weight excluding hydrogens is 536 g/mol. The van der Waals surface area contributed by atoms with E-state index in [1.54, 1.807) is 43.5 Å². The molecule has 1 amide bonds. The summed E-state index contributed by atoms with van der Waals surface area (Å²) < 4.78 is 11.7. The van der Waals surface area contributed by atoms with Crippen molar-refractivity contribution in [3.8, 4) is 11.5 Å². The van der Waals surface area contributed by atoms with Crippen LogP contribution in [0.4, 0.5) is 11.4 Å². The minimum absolute atomic E-state index is 0.0135. The highest BCUT2D eigenvalue weighted by molar-refractivity contribution is 9.10. The molecule has 3 aromatic rings. The highest BCUT2D eigenvalue weighted by atomic mass is 79.9. The van der Waals surface area contributed by atoms with Crippen molar-refractivity contribution < 1.29 is 24.2 Å². The number of anilines is 2. The second-order valence-corrected chi connectivity index (χ2v) is 9.70. The number of benzene rings is 3. The number of ketones is 1. The van der Waals surface area contributed by atoms with Gasteiger partial charge in [-0.05, 0) is 70.4 Å². The van der Waals surface area contributed by atoms with Crippen LogP contribution in [0.5, 0.6) is 11.5 Å². The van der Waals surface area contributed by atoms with Crippen molar-refractivity contribution in [1.82, 2.24) is 0 Å². The lowest BCUT2D eigenvalue weighted by molar-refractivity contribution is -0.132. The maximum Gasteiger partial charge on any atom is 0.300 e. The number of amides is 1. The number of hydrogen-bond acceptors (Lipinski definition) is 6. The number of halogens is 1. The fourth-order valence-corrected chi connectivity index (χ4v) is 4.82. The van der Waals surface area contributed by atoms with E-state index >= 15 is 0 Å². The monoisotopic (exact) mass is 564 g/mol. The number of ether oxygens (including phenoxy) is 2. The lowest BCUT2D eigenvalue weighted by atomic mass is 9.95. The predicted octanol–water partition coefficient (Wildman–Crippen LogP) is 5.94. The van der Waals surface area contributed by atoms with Crippen LogP contribution in [0.2, 0.25) is 0 Å². The maximum absolute atomic E-state index is 13.5. The first-order valence-corrected chi connectivity index (χ1v) is 12.7. The van der Waals surface area contributed by atoms with Crippen LogP contribution < -0.4 is 19.3 Å². The summed E-state index contributed by atoms with van der Waals surface area (Å²) in [7, 11) is 5.41. The molecule has 7 nitrogen and oxygen atoms in total. The van der Waals surface area contributed by atoms with Crippen LogP contribution in [0.1, 0.15) is 30.5 Å². The van der Waals surface area contributed by atoms with E-state index in [9.17, 15) is 14.7 Å². The molecule has 1 fully saturated rings. The van der Waals surface area contributed by atoms with Crippen LogP contribution in [-0.4, -0.2) is 44.6 Å². The first kappa shape index (κ1) is 26.3. The average molecular weight is 565 g/mol. The van der Waals surface area contributed by atoms with Gasteiger partial charge in [-0.15, -0.1) is 0 Å². The molecule has 1 N–H and O–H groups in total. The molecule has 1 aliphatic heterocycles. The second-order valence-electron chi connectivity index (χ2n) is 8.85. The van der Waals surface area contributed by atoms with Gasteiger partial charge in [0.1, 0.15) is 17.3 Å². The van der Waals surface area contributed by atoms with E-state index in [1.807, 2.05) is 56.3 Å². The van der Waals surface area contributed by atoms with Gasteiger partial charge in [0.05, 0.1) is 29.8 Å². The van der Waals surface area contributed by atoms with Crippen molar-refractivity contribution in [2.75, 3.05) is 37.6 Å². The third-order valence-corrected chi connectivity index (χ3v) is 6.78. The average Bonchev–Trinajstić information content (AvgIpc) is 3.17. The molecule has 37 heavy (non-hydrogen) atoms. The summed E-state index contributed by atoms with van der Waals surface area (Å²) in [6.45, 7) is 2.54. The Labute approximate surface area is 225 Å². The largest absolute Gasteiger partial charge is 0.507 e. The molecule has 1 saturated heterocycles. The van der Waals surface area contributed by atoms with E-state index in [-0.39, 0.29) is 11.3 Å². The van der Waals surface area contributed by atoms with E-state index < -0.39 is 17.7 Å². The Balaban J connectivity index is 1.89. The Bertz CT molecular complexity index is 1350. The van der Waals surface area contributed by atoms with Gasteiger partial charge < -0.3 is 19.5 Å². The number of hydrogen-bond donors (Lipinski definition) is 1. The molecule has 1 atom stereocenters. The summed E-state index contributed by atoms with van der Waals surface area (Å²) in [4.78, 5) is 30.3. The zero-order valence-corrected chi connectivity index (χ0v) is 22.8. The van der Waals surface area contributed by atoms with E-state index in [0.29, 0.717) is 39.4 Å². The number of carbonyl (C=O) groups excluding carboxylic acids is 2. The zero-order chi connectivity index (χ0) is 26.7. The van der Waals surface area contributed by atoms with Gasteiger partial charge in [0, 0.05) is 37.1 Å². The number of carbonyl (C=O) groups is 2. The number of aliphatic hydroxyl groups excluding tert-OH is 1. The van der Waals surface area contributed by atoms with E-state index in [4.69, 9.17) is 9.47 Å². The van der Waals surface area contributed by atoms with Gasteiger partial charge in [0.15, 0.2) is 0 Å². The molecule has 1 aliphatic rings. The molecule has 4 rings (SSSR count). The van der Waals surface area contributed by atoms with Gasteiger partial charge in [0.25, 0.3) is 11.7 Å². The molecule has 1 heterocycles. The lowest BCUT2D eigenvalue weighted by Gasteiger charge is -2.26. The van der Waals surface area contributed by atoms with Gasteiger partial charge in [-0.3, -0.25) is 14.5 Å². The fraction of sp³-hybridized carbons (Fsp3) is 0.241. The number of nitrogens with zero attached hydrogens (tertiary/aromatic N) is 2. The highest BCUT2D eigenvalue weighted by Crippen LogP contribution is 2.43. The molecule has 0 radical (unpaired) electrons. The highest BCUT2D eigenvalue weighted by Gasteiger charge is 2.47. The van der Waals surface area contributed by atoms with Crippen LogP contribution in [0.25, 0.3) is 5.76 Å². The molecule has 0 aromatic heterocycles. The van der Waals surface area contributed by atoms with Crippen molar-refractivity contribution in [3.63, 3.8) is 0 Å². The van der Waals surface area contributed by atoms with Gasteiger partial charge in [-0.25, -0.2) is 0 Å². The van der Waals surface area contributed by atoms with Crippen LogP contribution in [0, 0.1) is 0 Å². The number of rotatable bonds is 8.